The summed E-state index contributed by atoms with van der Waals surface area (Å²) < 4.78 is 5.86. The number of benzene rings is 1. The molecular weight excluding hydrogens is 250 g/mol. The van der Waals surface area contributed by atoms with Crippen LogP contribution in [0.4, 0.5) is 0 Å². The Morgan fingerprint density at radius 2 is 2.05 bits per heavy atom. The summed E-state index contributed by atoms with van der Waals surface area (Å²) in [5.74, 6) is 2.23. The summed E-state index contributed by atoms with van der Waals surface area (Å²) in [7, 11) is 0. The minimum absolute atomic E-state index is 0.00315. The van der Waals surface area contributed by atoms with Gasteiger partial charge in [-0.1, -0.05) is 37.3 Å². The van der Waals surface area contributed by atoms with Crippen molar-refractivity contribution in [3.63, 3.8) is 0 Å². The Morgan fingerprint density at radius 1 is 1.25 bits per heavy atom. The third kappa shape index (κ3) is 3.25. The second kappa shape index (κ2) is 6.18. The van der Waals surface area contributed by atoms with Crippen LogP contribution in [-0.2, 0) is 6.42 Å². The lowest BCUT2D eigenvalue weighted by Gasteiger charge is -2.14. The summed E-state index contributed by atoms with van der Waals surface area (Å²) in [5.41, 5.74) is 1.17. The quantitative estimate of drug-likeness (QED) is 0.840. The van der Waals surface area contributed by atoms with E-state index in [0.29, 0.717) is 5.89 Å². The molecule has 0 spiro atoms. The average molecular weight is 271 g/mol. The Balaban J connectivity index is 1.78. The first-order chi connectivity index (χ1) is 9.86. The zero-order chi connectivity index (χ0) is 13.8. The van der Waals surface area contributed by atoms with Crippen LogP contribution in [0.5, 0.6) is 0 Å². The molecule has 3 rings (SSSR count). The van der Waals surface area contributed by atoms with Crippen LogP contribution in [0.15, 0.2) is 34.7 Å². The van der Waals surface area contributed by atoms with Gasteiger partial charge in [0, 0.05) is 6.42 Å². The average Bonchev–Trinajstić information content (AvgIpc) is 3.18. The molecule has 1 unspecified atom stereocenters. The van der Waals surface area contributed by atoms with Crippen LogP contribution >= 0.6 is 0 Å². The molecule has 1 aliphatic rings. The third-order valence-electron chi connectivity index (χ3n) is 3.62. The van der Waals surface area contributed by atoms with Crippen LogP contribution in [0.1, 0.15) is 49.6 Å². The summed E-state index contributed by atoms with van der Waals surface area (Å²) in [6.07, 6.45) is 4.61. The van der Waals surface area contributed by atoms with Crippen molar-refractivity contribution in [1.29, 1.82) is 0 Å². The highest BCUT2D eigenvalue weighted by Crippen LogP contribution is 2.32. The number of nitrogens with one attached hydrogen (secondary N) is 1. The van der Waals surface area contributed by atoms with Crippen molar-refractivity contribution in [3.05, 3.63) is 47.7 Å². The molecule has 0 saturated heterocycles. The number of nitrogens with zero attached hydrogens (tertiary/aromatic N) is 2. The van der Waals surface area contributed by atoms with Gasteiger partial charge in [0.1, 0.15) is 6.04 Å². The number of rotatable bonds is 7. The van der Waals surface area contributed by atoms with Crippen LogP contribution in [0, 0.1) is 5.92 Å². The highest BCUT2D eigenvalue weighted by molar-refractivity contribution is 5.23. The van der Waals surface area contributed by atoms with Crippen LogP contribution < -0.4 is 5.32 Å². The van der Waals surface area contributed by atoms with E-state index in [2.05, 4.69) is 34.6 Å². The summed E-state index contributed by atoms with van der Waals surface area (Å²) >= 11 is 0. The van der Waals surface area contributed by atoms with Crippen molar-refractivity contribution >= 4 is 0 Å². The Morgan fingerprint density at radius 3 is 2.75 bits per heavy atom. The molecule has 0 radical (unpaired) electrons. The predicted octanol–water partition coefficient (Wildman–Crippen LogP) is 3.11. The van der Waals surface area contributed by atoms with E-state index in [-0.39, 0.29) is 6.04 Å². The molecular formula is C16H21N3O. The summed E-state index contributed by atoms with van der Waals surface area (Å²) in [5, 5.41) is 11.9. The number of hydrogen-bond acceptors (Lipinski definition) is 4. The molecule has 0 amide bonds. The van der Waals surface area contributed by atoms with Crippen molar-refractivity contribution in [1.82, 2.24) is 15.5 Å². The van der Waals surface area contributed by atoms with Gasteiger partial charge in [-0.15, -0.1) is 10.2 Å². The molecule has 1 fully saturated rings. The van der Waals surface area contributed by atoms with Gasteiger partial charge >= 0.3 is 0 Å². The molecule has 1 atom stereocenters. The number of hydrogen-bond donors (Lipinski definition) is 1. The van der Waals surface area contributed by atoms with E-state index in [9.17, 15) is 0 Å². The fraction of sp³-hybridized carbons (Fsp3) is 0.500. The van der Waals surface area contributed by atoms with Crippen molar-refractivity contribution in [3.8, 4) is 0 Å². The minimum Gasteiger partial charge on any atom is -0.423 e. The SMILES string of the molecule is CCCNC(c1ccccc1)c1nnc(CC2CC2)o1. The summed E-state index contributed by atoms with van der Waals surface area (Å²) in [6.45, 7) is 3.08. The highest BCUT2D eigenvalue weighted by atomic mass is 16.4. The van der Waals surface area contributed by atoms with E-state index in [1.54, 1.807) is 0 Å². The van der Waals surface area contributed by atoms with Gasteiger partial charge in [-0.05, 0) is 37.3 Å². The van der Waals surface area contributed by atoms with Gasteiger partial charge in [0.15, 0.2) is 0 Å². The molecule has 106 valence electrons. The second-order valence-electron chi connectivity index (χ2n) is 5.48. The zero-order valence-electron chi connectivity index (χ0n) is 11.9. The van der Waals surface area contributed by atoms with E-state index in [1.165, 1.54) is 18.4 Å². The smallest absolute Gasteiger partial charge is 0.237 e. The van der Waals surface area contributed by atoms with Gasteiger partial charge in [-0.25, -0.2) is 0 Å². The van der Waals surface area contributed by atoms with Gasteiger partial charge in [-0.3, -0.25) is 0 Å². The molecule has 1 aliphatic carbocycles. The first kappa shape index (κ1) is 13.3. The van der Waals surface area contributed by atoms with E-state index in [4.69, 9.17) is 4.42 Å². The Kier molecular flexibility index (Phi) is 4.11. The van der Waals surface area contributed by atoms with Crippen LogP contribution in [0.2, 0.25) is 0 Å². The molecule has 1 aromatic heterocycles. The van der Waals surface area contributed by atoms with Gasteiger partial charge in [0.25, 0.3) is 0 Å². The van der Waals surface area contributed by atoms with Crippen molar-refractivity contribution in [2.45, 2.75) is 38.6 Å². The van der Waals surface area contributed by atoms with E-state index in [0.717, 1.165) is 31.2 Å². The molecule has 4 heteroatoms. The maximum absolute atomic E-state index is 5.86. The highest BCUT2D eigenvalue weighted by Gasteiger charge is 2.26. The lowest BCUT2D eigenvalue weighted by molar-refractivity contribution is 0.400. The molecule has 1 N–H and O–H groups in total. The summed E-state index contributed by atoms with van der Waals surface area (Å²) in [4.78, 5) is 0. The molecule has 2 aromatic rings. The largest absolute Gasteiger partial charge is 0.423 e. The van der Waals surface area contributed by atoms with Gasteiger partial charge < -0.3 is 9.73 Å². The van der Waals surface area contributed by atoms with Crippen molar-refractivity contribution < 1.29 is 4.42 Å². The fourth-order valence-electron chi connectivity index (χ4n) is 2.32. The van der Waals surface area contributed by atoms with E-state index in [1.807, 2.05) is 18.2 Å². The maximum atomic E-state index is 5.86. The Hall–Kier alpha value is -1.68. The van der Waals surface area contributed by atoms with E-state index < -0.39 is 0 Å². The Labute approximate surface area is 119 Å². The second-order valence-corrected chi connectivity index (χ2v) is 5.48. The normalized spacial score (nSPS) is 16.2. The molecule has 1 saturated carbocycles. The van der Waals surface area contributed by atoms with Crippen molar-refractivity contribution in [2.24, 2.45) is 5.92 Å². The topological polar surface area (TPSA) is 51.0 Å². The Bertz CT molecular complexity index is 534. The molecule has 4 nitrogen and oxygen atoms in total. The van der Waals surface area contributed by atoms with Gasteiger partial charge in [0.2, 0.25) is 11.8 Å². The predicted molar refractivity (Wildman–Crippen MR) is 77.3 cm³/mol. The molecule has 1 heterocycles. The summed E-state index contributed by atoms with van der Waals surface area (Å²) in [6, 6.07) is 10.3. The molecule has 0 aliphatic heterocycles. The number of aromatic nitrogens is 2. The van der Waals surface area contributed by atoms with Crippen LogP contribution in [0.3, 0.4) is 0 Å². The lowest BCUT2D eigenvalue weighted by Crippen LogP contribution is -2.23. The van der Waals surface area contributed by atoms with Crippen molar-refractivity contribution in [2.75, 3.05) is 6.54 Å². The first-order valence-electron chi connectivity index (χ1n) is 7.47. The standard InChI is InChI=1S/C16H21N3O/c1-2-10-17-15(13-6-4-3-5-7-13)16-19-18-14(20-16)11-12-8-9-12/h3-7,12,15,17H,2,8-11H2,1H3. The first-order valence-corrected chi connectivity index (χ1v) is 7.47. The zero-order valence-corrected chi connectivity index (χ0v) is 11.9. The molecule has 20 heavy (non-hydrogen) atoms. The van der Waals surface area contributed by atoms with Crippen LogP contribution in [-0.4, -0.2) is 16.7 Å². The minimum atomic E-state index is -0.00315. The fourth-order valence-corrected chi connectivity index (χ4v) is 2.32. The van der Waals surface area contributed by atoms with Gasteiger partial charge in [0.05, 0.1) is 0 Å². The van der Waals surface area contributed by atoms with Crippen LogP contribution in [0.25, 0.3) is 0 Å². The lowest BCUT2D eigenvalue weighted by atomic mass is 10.1. The maximum Gasteiger partial charge on any atom is 0.237 e. The van der Waals surface area contributed by atoms with Gasteiger partial charge in [-0.2, -0.15) is 0 Å². The molecule has 1 aromatic carbocycles. The van der Waals surface area contributed by atoms with E-state index >= 15 is 0 Å². The monoisotopic (exact) mass is 271 g/mol. The third-order valence-corrected chi connectivity index (χ3v) is 3.62. The molecule has 0 bridgehead atoms.